The SMILES string of the molecule is Cc1cccc2cc(Cn3nc(-c4cccc(O)c4)c4c(N)ncnc43)n(-c3ccccc3O)c(=O)c12. The molecule has 4 N–H and O–H groups in total. The Balaban J connectivity index is 1.63. The molecular weight excluding hydrogens is 468 g/mol. The molecule has 3 heterocycles. The van der Waals surface area contributed by atoms with Gasteiger partial charge in [-0.2, -0.15) is 5.10 Å². The minimum atomic E-state index is -0.245. The van der Waals surface area contributed by atoms with Crippen LogP contribution in [0.25, 0.3) is 38.8 Å². The molecule has 6 rings (SSSR count). The molecule has 3 aromatic heterocycles. The minimum absolute atomic E-state index is 0.0175. The van der Waals surface area contributed by atoms with Crippen LogP contribution in [0.4, 0.5) is 5.82 Å². The topological polar surface area (TPSA) is 132 Å². The van der Waals surface area contributed by atoms with Gasteiger partial charge in [-0.3, -0.25) is 9.36 Å². The van der Waals surface area contributed by atoms with Gasteiger partial charge in [0.1, 0.15) is 29.3 Å². The zero-order valence-corrected chi connectivity index (χ0v) is 19.8. The van der Waals surface area contributed by atoms with Gasteiger partial charge in [0.25, 0.3) is 5.56 Å². The average molecular weight is 491 g/mol. The van der Waals surface area contributed by atoms with Crippen LogP contribution in [0.15, 0.2) is 83.9 Å². The third-order valence-corrected chi connectivity index (χ3v) is 6.44. The van der Waals surface area contributed by atoms with Gasteiger partial charge in [0.2, 0.25) is 0 Å². The molecule has 9 heteroatoms. The molecular formula is C28H22N6O3. The summed E-state index contributed by atoms with van der Waals surface area (Å²) in [7, 11) is 0. The molecule has 6 aromatic rings. The largest absolute Gasteiger partial charge is 0.508 e. The predicted octanol–water partition coefficient (Wildman–Crippen LogP) is 4.15. The molecule has 0 fully saturated rings. The number of phenols is 2. The van der Waals surface area contributed by atoms with Gasteiger partial charge in [0, 0.05) is 11.3 Å². The van der Waals surface area contributed by atoms with Gasteiger partial charge in [-0.25, -0.2) is 14.6 Å². The normalized spacial score (nSPS) is 11.4. The molecule has 0 aliphatic rings. The van der Waals surface area contributed by atoms with Crippen molar-refractivity contribution in [3.63, 3.8) is 0 Å². The minimum Gasteiger partial charge on any atom is -0.508 e. The van der Waals surface area contributed by atoms with Gasteiger partial charge in [-0.15, -0.1) is 0 Å². The molecule has 182 valence electrons. The van der Waals surface area contributed by atoms with Gasteiger partial charge in [-0.1, -0.05) is 42.5 Å². The van der Waals surface area contributed by atoms with Gasteiger partial charge >= 0.3 is 0 Å². The summed E-state index contributed by atoms with van der Waals surface area (Å²) in [4.78, 5) is 22.4. The molecule has 3 aromatic carbocycles. The van der Waals surface area contributed by atoms with Gasteiger partial charge in [0.05, 0.1) is 23.0 Å². The number of para-hydroxylation sites is 2. The van der Waals surface area contributed by atoms with Crippen molar-refractivity contribution in [2.75, 3.05) is 5.73 Å². The lowest BCUT2D eigenvalue weighted by molar-refractivity contribution is 0.470. The first-order valence-corrected chi connectivity index (χ1v) is 11.6. The summed E-state index contributed by atoms with van der Waals surface area (Å²) in [6.07, 6.45) is 1.36. The quantitative estimate of drug-likeness (QED) is 0.338. The third-order valence-electron chi connectivity index (χ3n) is 6.44. The number of aryl methyl sites for hydroxylation is 1. The highest BCUT2D eigenvalue weighted by atomic mass is 16.3. The summed E-state index contributed by atoms with van der Waals surface area (Å²) in [6, 6.07) is 21.0. The number of nitrogens with zero attached hydrogens (tertiary/aromatic N) is 5. The molecule has 0 aliphatic heterocycles. The van der Waals surface area contributed by atoms with E-state index in [2.05, 4.69) is 9.97 Å². The molecule has 0 unspecified atom stereocenters. The standard InChI is InChI=1S/C28H22N6O3/c1-16-6-4-7-17-12-19(34(28(37)23(16)17)21-10-2-3-11-22(21)36)14-33-27-24(26(29)30-15-31-27)25(32-33)18-8-5-9-20(35)13-18/h2-13,15,35-36H,14H2,1H3,(H2,29,30,31). The highest BCUT2D eigenvalue weighted by Crippen LogP contribution is 2.32. The lowest BCUT2D eigenvalue weighted by Gasteiger charge is -2.17. The number of hydrogen-bond donors (Lipinski definition) is 3. The van der Waals surface area contributed by atoms with Gasteiger partial charge in [0.15, 0.2) is 5.65 Å². The van der Waals surface area contributed by atoms with Crippen molar-refractivity contribution in [1.29, 1.82) is 0 Å². The van der Waals surface area contributed by atoms with Crippen LogP contribution in [-0.4, -0.2) is 34.5 Å². The van der Waals surface area contributed by atoms with E-state index in [0.29, 0.717) is 39.1 Å². The Bertz CT molecular complexity index is 1890. The molecule has 37 heavy (non-hydrogen) atoms. The maximum atomic E-state index is 13.8. The molecule has 0 aliphatic carbocycles. The molecule has 0 amide bonds. The summed E-state index contributed by atoms with van der Waals surface area (Å²) in [5.41, 5.74) is 9.44. The number of hydrogen-bond acceptors (Lipinski definition) is 7. The van der Waals surface area contributed by atoms with Crippen LogP contribution in [0.3, 0.4) is 0 Å². The number of anilines is 1. The summed E-state index contributed by atoms with van der Waals surface area (Å²) in [6.45, 7) is 2.04. The Morgan fingerprint density at radius 1 is 0.919 bits per heavy atom. The zero-order valence-electron chi connectivity index (χ0n) is 19.8. The van der Waals surface area contributed by atoms with Crippen LogP contribution in [0, 0.1) is 6.92 Å². The molecule has 0 radical (unpaired) electrons. The zero-order chi connectivity index (χ0) is 25.7. The number of rotatable bonds is 4. The van der Waals surface area contributed by atoms with Crippen molar-refractivity contribution in [2.24, 2.45) is 0 Å². The van der Waals surface area contributed by atoms with Crippen LogP contribution >= 0.6 is 0 Å². The van der Waals surface area contributed by atoms with Crippen molar-refractivity contribution in [1.82, 2.24) is 24.3 Å². The Morgan fingerprint density at radius 3 is 2.54 bits per heavy atom. The van der Waals surface area contributed by atoms with E-state index in [0.717, 1.165) is 10.9 Å². The smallest absolute Gasteiger partial charge is 0.263 e. The second-order valence-corrected chi connectivity index (χ2v) is 8.82. The summed E-state index contributed by atoms with van der Waals surface area (Å²) >= 11 is 0. The fraction of sp³-hybridized carbons (Fsp3) is 0.0714. The Kier molecular flexibility index (Phi) is 5.11. The molecule has 0 saturated carbocycles. The fourth-order valence-electron chi connectivity index (χ4n) is 4.77. The Labute approximate surface area is 210 Å². The van der Waals surface area contributed by atoms with Crippen molar-refractivity contribution in [2.45, 2.75) is 13.5 Å². The first-order chi connectivity index (χ1) is 17.9. The number of aromatic nitrogens is 5. The summed E-state index contributed by atoms with van der Waals surface area (Å²) in [5, 5.41) is 27.4. The number of pyridine rings is 1. The second kappa shape index (κ2) is 8.49. The Hall–Kier alpha value is -5.18. The second-order valence-electron chi connectivity index (χ2n) is 8.82. The van der Waals surface area contributed by atoms with Crippen molar-refractivity contribution < 1.29 is 10.2 Å². The van der Waals surface area contributed by atoms with Crippen LogP contribution < -0.4 is 11.3 Å². The van der Waals surface area contributed by atoms with Gasteiger partial charge < -0.3 is 15.9 Å². The summed E-state index contributed by atoms with van der Waals surface area (Å²) < 4.78 is 3.16. The van der Waals surface area contributed by atoms with Crippen LogP contribution in [0.1, 0.15) is 11.3 Å². The van der Waals surface area contributed by atoms with E-state index in [-0.39, 0.29) is 29.4 Å². The highest BCUT2D eigenvalue weighted by Gasteiger charge is 2.20. The van der Waals surface area contributed by atoms with Crippen molar-refractivity contribution >= 4 is 27.6 Å². The van der Waals surface area contributed by atoms with Gasteiger partial charge in [-0.05, 0) is 48.2 Å². The van der Waals surface area contributed by atoms with Crippen molar-refractivity contribution in [3.05, 3.63) is 101 Å². The lowest BCUT2D eigenvalue weighted by atomic mass is 10.1. The average Bonchev–Trinajstić information content (AvgIpc) is 3.25. The molecule has 0 bridgehead atoms. The number of nitrogen functional groups attached to an aromatic ring is 1. The molecule has 0 saturated heterocycles. The van der Waals surface area contributed by atoms with E-state index >= 15 is 0 Å². The van der Waals surface area contributed by atoms with E-state index in [1.165, 1.54) is 10.9 Å². The van der Waals surface area contributed by atoms with Crippen LogP contribution in [0.2, 0.25) is 0 Å². The number of fused-ring (bicyclic) bond motifs is 2. The van der Waals surface area contributed by atoms with E-state index in [9.17, 15) is 15.0 Å². The van der Waals surface area contributed by atoms with Crippen LogP contribution in [0.5, 0.6) is 11.5 Å². The van der Waals surface area contributed by atoms with E-state index in [4.69, 9.17) is 10.8 Å². The molecule has 0 atom stereocenters. The maximum absolute atomic E-state index is 13.8. The molecule has 9 nitrogen and oxygen atoms in total. The highest BCUT2D eigenvalue weighted by molar-refractivity contribution is 5.98. The monoisotopic (exact) mass is 490 g/mol. The lowest BCUT2D eigenvalue weighted by Crippen LogP contribution is -2.24. The first kappa shape index (κ1) is 22.3. The van der Waals surface area contributed by atoms with E-state index in [1.54, 1.807) is 47.1 Å². The Morgan fingerprint density at radius 2 is 1.73 bits per heavy atom. The van der Waals surface area contributed by atoms with E-state index in [1.807, 2.05) is 37.3 Å². The fourth-order valence-corrected chi connectivity index (χ4v) is 4.77. The molecule has 0 spiro atoms. The summed E-state index contributed by atoms with van der Waals surface area (Å²) in [5.74, 6) is 0.326. The van der Waals surface area contributed by atoms with Crippen LogP contribution in [-0.2, 0) is 6.54 Å². The number of benzene rings is 3. The number of nitrogens with two attached hydrogens (primary N) is 1. The number of aromatic hydroxyl groups is 2. The van der Waals surface area contributed by atoms with Crippen molar-refractivity contribution in [3.8, 4) is 28.4 Å². The first-order valence-electron chi connectivity index (χ1n) is 11.6. The maximum Gasteiger partial charge on any atom is 0.263 e. The predicted molar refractivity (Wildman–Crippen MR) is 142 cm³/mol. The number of phenolic OH excluding ortho intramolecular Hbond substituents is 2. The third kappa shape index (κ3) is 3.64. The van der Waals surface area contributed by atoms with E-state index < -0.39 is 0 Å².